The van der Waals surface area contributed by atoms with Gasteiger partial charge in [0, 0.05) is 23.9 Å². The van der Waals surface area contributed by atoms with Crippen LogP contribution >= 0.6 is 0 Å². The Labute approximate surface area is 88.4 Å². The molecule has 3 nitrogen and oxygen atoms in total. The maximum atomic E-state index is 10.1. The minimum atomic E-state index is -0.536. The Hall–Kier alpha value is -1.61. The van der Waals surface area contributed by atoms with Crippen LogP contribution in [-0.4, -0.2) is 10.1 Å². The first kappa shape index (κ1) is 9.93. The highest BCUT2D eigenvalue weighted by atomic mass is 16.3. The van der Waals surface area contributed by atoms with Gasteiger partial charge in [-0.3, -0.25) is 4.98 Å². The summed E-state index contributed by atoms with van der Waals surface area (Å²) in [6.07, 6.45) is 6.06. The fourth-order valence-electron chi connectivity index (χ4n) is 1.58. The molecular formula is C12H13NO2. The molecule has 0 aliphatic heterocycles. The van der Waals surface area contributed by atoms with Gasteiger partial charge in [0.25, 0.3) is 0 Å². The van der Waals surface area contributed by atoms with Crippen molar-refractivity contribution in [2.75, 3.05) is 0 Å². The normalized spacial score (nSPS) is 14.8. The van der Waals surface area contributed by atoms with Crippen LogP contribution in [0.4, 0.5) is 0 Å². The SMILES string of the molecule is CC(c1ccncc1)C(O)c1ccoc1. The minimum Gasteiger partial charge on any atom is -0.472 e. The molecule has 2 aromatic heterocycles. The Bertz CT molecular complexity index is 397. The first-order valence-electron chi connectivity index (χ1n) is 4.89. The van der Waals surface area contributed by atoms with Crippen LogP contribution < -0.4 is 0 Å². The fourth-order valence-corrected chi connectivity index (χ4v) is 1.58. The van der Waals surface area contributed by atoms with E-state index in [1.54, 1.807) is 31.0 Å². The molecule has 0 aliphatic rings. The van der Waals surface area contributed by atoms with Gasteiger partial charge in [-0.1, -0.05) is 6.92 Å². The van der Waals surface area contributed by atoms with Crippen molar-refractivity contribution >= 4 is 0 Å². The topological polar surface area (TPSA) is 46.3 Å². The highest BCUT2D eigenvalue weighted by molar-refractivity contribution is 5.21. The molecule has 2 heterocycles. The zero-order chi connectivity index (χ0) is 10.7. The number of nitrogens with zero attached hydrogens (tertiary/aromatic N) is 1. The van der Waals surface area contributed by atoms with Crippen LogP contribution in [0.25, 0.3) is 0 Å². The van der Waals surface area contributed by atoms with E-state index in [0.717, 1.165) is 11.1 Å². The maximum Gasteiger partial charge on any atom is 0.0960 e. The van der Waals surface area contributed by atoms with E-state index in [0.29, 0.717) is 0 Å². The van der Waals surface area contributed by atoms with E-state index < -0.39 is 6.10 Å². The molecule has 0 radical (unpaired) electrons. The van der Waals surface area contributed by atoms with Crippen LogP contribution in [0.5, 0.6) is 0 Å². The summed E-state index contributed by atoms with van der Waals surface area (Å²) in [5, 5.41) is 10.1. The average Bonchev–Trinajstić information content (AvgIpc) is 2.82. The van der Waals surface area contributed by atoms with Crippen molar-refractivity contribution < 1.29 is 9.52 Å². The van der Waals surface area contributed by atoms with E-state index >= 15 is 0 Å². The molecule has 0 amide bonds. The lowest BCUT2D eigenvalue weighted by Gasteiger charge is -2.17. The summed E-state index contributed by atoms with van der Waals surface area (Å²) in [5.41, 5.74) is 1.87. The lowest BCUT2D eigenvalue weighted by atomic mass is 9.93. The molecule has 2 unspecified atom stereocenters. The Morgan fingerprint density at radius 1 is 1.20 bits per heavy atom. The highest BCUT2D eigenvalue weighted by Gasteiger charge is 2.18. The quantitative estimate of drug-likeness (QED) is 0.833. The Balaban J connectivity index is 2.18. The molecule has 1 N–H and O–H groups in total. The fraction of sp³-hybridized carbons (Fsp3) is 0.250. The smallest absolute Gasteiger partial charge is 0.0960 e. The molecule has 2 rings (SSSR count). The third-order valence-electron chi connectivity index (χ3n) is 2.59. The summed E-state index contributed by atoms with van der Waals surface area (Å²) in [6.45, 7) is 1.98. The Kier molecular flexibility index (Phi) is 2.83. The number of furan rings is 1. The second kappa shape index (κ2) is 4.28. The zero-order valence-corrected chi connectivity index (χ0v) is 8.50. The van der Waals surface area contributed by atoms with Crippen molar-refractivity contribution in [2.24, 2.45) is 0 Å². The molecule has 2 atom stereocenters. The van der Waals surface area contributed by atoms with E-state index in [1.807, 2.05) is 19.1 Å². The van der Waals surface area contributed by atoms with E-state index in [1.165, 1.54) is 0 Å². The number of aromatic nitrogens is 1. The first-order chi connectivity index (χ1) is 7.29. The number of hydrogen-bond donors (Lipinski definition) is 1. The lowest BCUT2D eigenvalue weighted by molar-refractivity contribution is 0.151. The maximum absolute atomic E-state index is 10.1. The second-order valence-corrected chi connectivity index (χ2v) is 3.57. The molecule has 0 aliphatic carbocycles. The van der Waals surface area contributed by atoms with Crippen molar-refractivity contribution in [1.82, 2.24) is 4.98 Å². The van der Waals surface area contributed by atoms with Crippen molar-refractivity contribution in [3.63, 3.8) is 0 Å². The zero-order valence-electron chi connectivity index (χ0n) is 8.50. The molecular weight excluding hydrogens is 190 g/mol. The van der Waals surface area contributed by atoms with Gasteiger partial charge < -0.3 is 9.52 Å². The average molecular weight is 203 g/mol. The monoisotopic (exact) mass is 203 g/mol. The van der Waals surface area contributed by atoms with Crippen molar-refractivity contribution in [3.05, 3.63) is 54.2 Å². The van der Waals surface area contributed by atoms with Crippen LogP contribution in [0.2, 0.25) is 0 Å². The number of hydrogen-bond acceptors (Lipinski definition) is 3. The molecule has 0 fully saturated rings. The van der Waals surface area contributed by atoms with Gasteiger partial charge in [0.05, 0.1) is 18.6 Å². The number of rotatable bonds is 3. The Morgan fingerprint density at radius 3 is 2.53 bits per heavy atom. The minimum absolute atomic E-state index is 0.0330. The van der Waals surface area contributed by atoms with Crippen LogP contribution in [-0.2, 0) is 0 Å². The van der Waals surface area contributed by atoms with Gasteiger partial charge in [-0.25, -0.2) is 0 Å². The summed E-state index contributed by atoms with van der Waals surface area (Å²) in [7, 11) is 0. The molecule has 0 saturated heterocycles. The molecule has 0 bridgehead atoms. The van der Waals surface area contributed by atoms with E-state index in [2.05, 4.69) is 4.98 Å². The van der Waals surface area contributed by atoms with Crippen LogP contribution in [0.15, 0.2) is 47.5 Å². The van der Waals surface area contributed by atoms with Crippen molar-refractivity contribution in [2.45, 2.75) is 18.9 Å². The van der Waals surface area contributed by atoms with E-state index in [4.69, 9.17) is 4.42 Å². The summed E-state index contributed by atoms with van der Waals surface area (Å²) < 4.78 is 4.95. The summed E-state index contributed by atoms with van der Waals surface area (Å²) in [5.74, 6) is 0.0330. The predicted octanol–water partition coefficient (Wildman–Crippen LogP) is 2.51. The summed E-state index contributed by atoms with van der Waals surface area (Å²) >= 11 is 0. The van der Waals surface area contributed by atoms with Gasteiger partial charge in [0.2, 0.25) is 0 Å². The lowest BCUT2D eigenvalue weighted by Crippen LogP contribution is -2.06. The van der Waals surface area contributed by atoms with Gasteiger partial charge in [0.1, 0.15) is 0 Å². The molecule has 0 aromatic carbocycles. The number of pyridine rings is 1. The van der Waals surface area contributed by atoms with Gasteiger partial charge in [-0.2, -0.15) is 0 Å². The number of aliphatic hydroxyl groups excluding tert-OH is 1. The second-order valence-electron chi connectivity index (χ2n) is 3.57. The summed E-state index contributed by atoms with van der Waals surface area (Å²) in [4.78, 5) is 3.95. The standard InChI is InChI=1S/C12H13NO2/c1-9(10-2-5-13-6-3-10)12(14)11-4-7-15-8-11/h2-9,12,14H,1H3. The Morgan fingerprint density at radius 2 is 1.93 bits per heavy atom. The molecule has 0 spiro atoms. The summed E-state index contributed by atoms with van der Waals surface area (Å²) in [6, 6.07) is 5.60. The van der Waals surface area contributed by atoms with Crippen LogP contribution in [0, 0.1) is 0 Å². The predicted molar refractivity (Wildman–Crippen MR) is 56.3 cm³/mol. The molecule has 78 valence electrons. The molecule has 3 heteroatoms. The van der Waals surface area contributed by atoms with Crippen molar-refractivity contribution in [1.29, 1.82) is 0 Å². The van der Waals surface area contributed by atoms with Gasteiger partial charge >= 0.3 is 0 Å². The van der Waals surface area contributed by atoms with Gasteiger partial charge in [0.15, 0.2) is 0 Å². The van der Waals surface area contributed by atoms with Gasteiger partial charge in [-0.15, -0.1) is 0 Å². The first-order valence-corrected chi connectivity index (χ1v) is 4.89. The van der Waals surface area contributed by atoms with Gasteiger partial charge in [-0.05, 0) is 23.8 Å². The largest absolute Gasteiger partial charge is 0.472 e. The van der Waals surface area contributed by atoms with Crippen LogP contribution in [0.3, 0.4) is 0 Å². The highest BCUT2D eigenvalue weighted by Crippen LogP contribution is 2.29. The number of aliphatic hydroxyl groups is 1. The van der Waals surface area contributed by atoms with Crippen molar-refractivity contribution in [3.8, 4) is 0 Å². The van der Waals surface area contributed by atoms with Crippen LogP contribution in [0.1, 0.15) is 30.1 Å². The van der Waals surface area contributed by atoms with E-state index in [-0.39, 0.29) is 5.92 Å². The molecule has 15 heavy (non-hydrogen) atoms. The molecule has 2 aromatic rings. The molecule has 0 saturated carbocycles. The third-order valence-corrected chi connectivity index (χ3v) is 2.59. The third kappa shape index (κ3) is 2.07. The van der Waals surface area contributed by atoms with E-state index in [9.17, 15) is 5.11 Å².